The maximum absolute atomic E-state index is 14.7. The molecule has 10 nitrogen and oxygen atoms in total. The molecule has 4 aliphatic carbocycles. The SMILES string of the molecule is CCC1(C)CN(CCCO)C(=O)OC2CCC(CC2)C(=O)N(CC23CCC(c4ccc(OC)c(C)c4)(CC2)CC3)c2cc(ccn2)-c2cnn1c2. The van der Waals surface area contributed by atoms with Gasteiger partial charge in [-0.25, -0.2) is 9.78 Å². The highest BCUT2D eigenvalue weighted by Gasteiger charge is 2.51. The van der Waals surface area contributed by atoms with Crippen LogP contribution in [0.15, 0.2) is 48.9 Å². The van der Waals surface area contributed by atoms with Crippen molar-refractivity contribution < 1.29 is 24.2 Å². The summed E-state index contributed by atoms with van der Waals surface area (Å²) in [5.74, 6) is 1.63. The summed E-state index contributed by atoms with van der Waals surface area (Å²) in [6, 6.07) is 10.8. The molecule has 0 radical (unpaired) electrons. The minimum Gasteiger partial charge on any atom is -0.496 e. The van der Waals surface area contributed by atoms with Gasteiger partial charge >= 0.3 is 6.09 Å². The number of nitrogens with zero attached hydrogens (tertiary/aromatic N) is 5. The Bertz CT molecular complexity index is 1710. The maximum Gasteiger partial charge on any atom is 0.410 e. The number of aromatic nitrogens is 3. The molecule has 1 unspecified atom stereocenters. The van der Waals surface area contributed by atoms with E-state index < -0.39 is 5.54 Å². The number of rotatable bonds is 8. The van der Waals surface area contributed by atoms with Crippen LogP contribution in [-0.2, 0) is 20.5 Å². The van der Waals surface area contributed by atoms with E-state index in [2.05, 4.69) is 45.0 Å². The number of hydrogen-bond acceptors (Lipinski definition) is 7. The van der Waals surface area contributed by atoms with Crippen molar-refractivity contribution in [2.45, 2.75) is 115 Å². The first-order valence-corrected chi connectivity index (χ1v) is 19.1. The summed E-state index contributed by atoms with van der Waals surface area (Å²) < 4.78 is 13.6. The Balaban J connectivity index is 1.20. The standard InChI is InChI=1S/C41H55N5O5/c1-5-39(3)27-44(21-6-22-47)38(49)51-34-10-7-30(8-11-34)37(48)45(36-24-31(13-20-42-36)32-25-43-46(39)26-32)28-40-14-17-41(18-15-40,19-16-40)33-9-12-35(50-4)29(2)23-33/h9,12-13,20,23-26,30,34,47H,5-8,10-11,14-19,21-22,27-28H2,1-4H3. The van der Waals surface area contributed by atoms with E-state index in [-0.39, 0.29) is 41.5 Å². The van der Waals surface area contributed by atoms with E-state index in [1.807, 2.05) is 34.2 Å². The zero-order valence-electron chi connectivity index (χ0n) is 30.9. The lowest BCUT2D eigenvalue weighted by Crippen LogP contribution is -2.52. The molecular formula is C41H55N5O5. The molecule has 3 aromatic rings. The highest BCUT2D eigenvalue weighted by atomic mass is 16.6. The molecule has 2 aromatic heterocycles. The van der Waals surface area contributed by atoms with Gasteiger partial charge in [0.2, 0.25) is 5.91 Å². The third-order valence-electron chi connectivity index (χ3n) is 13.1. The van der Waals surface area contributed by atoms with Gasteiger partial charge in [0.25, 0.3) is 0 Å². The second-order valence-electron chi connectivity index (χ2n) is 16.2. The molecule has 10 heteroatoms. The second-order valence-corrected chi connectivity index (χ2v) is 16.2. The first-order valence-electron chi connectivity index (χ1n) is 19.1. The molecule has 6 aliphatic rings. The Kier molecular flexibility index (Phi) is 9.91. The Morgan fingerprint density at radius 2 is 1.75 bits per heavy atom. The number of methoxy groups -OCH3 is 1. The summed E-state index contributed by atoms with van der Waals surface area (Å²) in [6.45, 7) is 7.82. The molecule has 4 heterocycles. The third-order valence-corrected chi connectivity index (χ3v) is 13.1. The summed E-state index contributed by atoms with van der Waals surface area (Å²) in [5.41, 5.74) is 4.26. The van der Waals surface area contributed by atoms with E-state index in [1.165, 1.54) is 11.1 Å². The van der Waals surface area contributed by atoms with E-state index in [4.69, 9.17) is 19.6 Å². The van der Waals surface area contributed by atoms with Crippen LogP contribution in [-0.4, -0.2) is 76.2 Å². The highest BCUT2D eigenvalue weighted by Crippen LogP contribution is 2.58. The fourth-order valence-corrected chi connectivity index (χ4v) is 9.38. The average molecular weight is 698 g/mol. The molecule has 4 fully saturated rings. The minimum absolute atomic E-state index is 0.00282. The van der Waals surface area contributed by atoms with Crippen molar-refractivity contribution in [1.82, 2.24) is 19.7 Å². The number of benzene rings is 1. The number of fused-ring (bicyclic) bond motifs is 10. The third kappa shape index (κ3) is 6.88. The molecule has 274 valence electrons. The molecule has 1 N–H and O–H groups in total. The molecular weight excluding hydrogens is 642 g/mol. The molecule has 51 heavy (non-hydrogen) atoms. The summed E-state index contributed by atoms with van der Waals surface area (Å²) >= 11 is 0. The maximum atomic E-state index is 14.7. The van der Waals surface area contributed by atoms with Gasteiger partial charge < -0.3 is 19.5 Å². The number of carbonyl (C=O) groups excluding carboxylic acids is 2. The Hall–Kier alpha value is -3.92. The van der Waals surface area contributed by atoms with Crippen LogP contribution < -0.4 is 9.64 Å². The van der Waals surface area contributed by atoms with Gasteiger partial charge in [0.15, 0.2) is 0 Å². The molecule has 4 saturated carbocycles. The Labute approximate surface area is 302 Å². The molecule has 2 aliphatic heterocycles. The van der Waals surface area contributed by atoms with Crippen LogP contribution in [0.5, 0.6) is 5.75 Å². The molecule has 0 spiro atoms. The van der Waals surface area contributed by atoms with Gasteiger partial charge in [-0.2, -0.15) is 5.10 Å². The largest absolute Gasteiger partial charge is 0.496 e. The molecule has 1 aromatic carbocycles. The lowest BCUT2D eigenvalue weighted by atomic mass is 9.51. The minimum atomic E-state index is -0.489. The number of carbonyl (C=O) groups is 2. The van der Waals surface area contributed by atoms with Crippen LogP contribution in [0.2, 0.25) is 0 Å². The molecule has 1 atom stereocenters. The van der Waals surface area contributed by atoms with Crippen LogP contribution >= 0.6 is 0 Å². The monoisotopic (exact) mass is 697 g/mol. The van der Waals surface area contributed by atoms with E-state index in [0.717, 1.165) is 61.8 Å². The van der Waals surface area contributed by atoms with Gasteiger partial charge in [-0.05, 0) is 137 Å². The first kappa shape index (κ1) is 35.5. The lowest BCUT2D eigenvalue weighted by Gasteiger charge is -2.55. The zero-order valence-corrected chi connectivity index (χ0v) is 30.9. The van der Waals surface area contributed by atoms with Crippen molar-refractivity contribution >= 4 is 17.8 Å². The fraction of sp³-hybridized carbons (Fsp3) is 0.610. The predicted molar refractivity (Wildman–Crippen MR) is 197 cm³/mol. The van der Waals surface area contributed by atoms with E-state index in [1.54, 1.807) is 12.0 Å². The summed E-state index contributed by atoms with van der Waals surface area (Å²) in [6.07, 6.45) is 15.6. The van der Waals surface area contributed by atoms with Gasteiger partial charge in [0, 0.05) is 50.1 Å². The topological polar surface area (TPSA) is 110 Å². The van der Waals surface area contributed by atoms with E-state index in [9.17, 15) is 14.7 Å². The van der Waals surface area contributed by atoms with Crippen molar-refractivity contribution in [2.24, 2.45) is 11.3 Å². The van der Waals surface area contributed by atoms with Crippen LogP contribution in [0, 0.1) is 18.3 Å². The molecule has 2 amide bonds. The van der Waals surface area contributed by atoms with Crippen molar-refractivity contribution in [1.29, 1.82) is 0 Å². The number of amides is 2. The predicted octanol–water partition coefficient (Wildman–Crippen LogP) is 7.41. The Morgan fingerprint density at radius 3 is 2.41 bits per heavy atom. The fourth-order valence-electron chi connectivity index (χ4n) is 9.38. The van der Waals surface area contributed by atoms with Crippen LogP contribution in [0.25, 0.3) is 11.1 Å². The molecule has 8 bridgehead atoms. The zero-order chi connectivity index (χ0) is 35.8. The number of hydrogen-bond donors (Lipinski definition) is 1. The van der Waals surface area contributed by atoms with Gasteiger partial charge in [0.05, 0.1) is 18.8 Å². The van der Waals surface area contributed by atoms with Gasteiger partial charge in [0.1, 0.15) is 17.7 Å². The second kappa shape index (κ2) is 14.2. The number of pyridine rings is 1. The number of ether oxygens (including phenoxy) is 2. The van der Waals surface area contributed by atoms with Crippen molar-refractivity contribution in [3.05, 3.63) is 60.0 Å². The lowest BCUT2D eigenvalue weighted by molar-refractivity contribution is -0.124. The highest BCUT2D eigenvalue weighted by molar-refractivity contribution is 5.95. The number of aliphatic hydroxyl groups excluding tert-OH is 1. The Morgan fingerprint density at radius 1 is 1.00 bits per heavy atom. The van der Waals surface area contributed by atoms with Crippen LogP contribution in [0.4, 0.5) is 10.6 Å². The van der Waals surface area contributed by atoms with E-state index in [0.29, 0.717) is 57.6 Å². The van der Waals surface area contributed by atoms with Crippen molar-refractivity contribution in [3.8, 4) is 16.9 Å². The van der Waals surface area contributed by atoms with Gasteiger partial charge in [-0.15, -0.1) is 0 Å². The average Bonchev–Trinajstić information content (AvgIpc) is 3.67. The summed E-state index contributed by atoms with van der Waals surface area (Å²) in [4.78, 5) is 36.9. The summed E-state index contributed by atoms with van der Waals surface area (Å²) in [5, 5.41) is 14.4. The summed E-state index contributed by atoms with van der Waals surface area (Å²) in [7, 11) is 1.73. The quantitative estimate of drug-likeness (QED) is 0.261. The molecule has 0 saturated heterocycles. The smallest absolute Gasteiger partial charge is 0.410 e. The number of aryl methyl sites for hydroxylation is 1. The van der Waals surface area contributed by atoms with Crippen LogP contribution in [0.3, 0.4) is 0 Å². The van der Waals surface area contributed by atoms with Gasteiger partial charge in [-0.1, -0.05) is 19.1 Å². The van der Waals surface area contributed by atoms with Crippen LogP contribution in [0.1, 0.15) is 102 Å². The van der Waals surface area contributed by atoms with Crippen molar-refractivity contribution in [2.75, 3.05) is 38.3 Å². The normalized spacial score (nSPS) is 29.6. The number of aliphatic hydroxyl groups is 1. The molecule has 9 rings (SSSR count). The first-order chi connectivity index (χ1) is 24.6. The van der Waals surface area contributed by atoms with Gasteiger partial charge in [-0.3, -0.25) is 14.4 Å². The van der Waals surface area contributed by atoms with E-state index >= 15 is 0 Å². The number of anilines is 1. The van der Waals surface area contributed by atoms with Crippen molar-refractivity contribution in [3.63, 3.8) is 0 Å².